The largest absolute Gasteiger partial charge is 0.490 e. The molecule has 0 amide bonds. The van der Waals surface area contributed by atoms with E-state index in [1.807, 2.05) is 55.4 Å². The van der Waals surface area contributed by atoms with Gasteiger partial charge in [0.2, 0.25) is 11.6 Å². The first-order chi connectivity index (χ1) is 17.1. The molecule has 1 aromatic heterocycles. The third-order valence-corrected chi connectivity index (χ3v) is 6.36. The minimum absolute atomic E-state index is 0.302. The molecular formula is C28H36N2O5S. The molecule has 8 heteroatoms. The number of carbonyl (C=O) groups is 1. The molecule has 194 valence electrons. The van der Waals surface area contributed by atoms with Crippen molar-refractivity contribution in [3.05, 3.63) is 53.2 Å². The Morgan fingerprint density at radius 1 is 0.917 bits per heavy atom. The summed E-state index contributed by atoms with van der Waals surface area (Å²) in [6.07, 6.45) is 0. The second kappa shape index (κ2) is 11.7. The van der Waals surface area contributed by atoms with Gasteiger partial charge in [-0.05, 0) is 79.7 Å². The minimum Gasteiger partial charge on any atom is -0.490 e. The van der Waals surface area contributed by atoms with Crippen molar-refractivity contribution >= 4 is 17.7 Å². The predicted molar refractivity (Wildman–Crippen MR) is 142 cm³/mol. The topological polar surface area (TPSA) is 71.8 Å². The summed E-state index contributed by atoms with van der Waals surface area (Å²) >= 11 is 1.53. The Kier molecular flexibility index (Phi) is 8.95. The van der Waals surface area contributed by atoms with Crippen molar-refractivity contribution in [1.82, 2.24) is 9.78 Å². The van der Waals surface area contributed by atoms with Crippen LogP contribution in [0.4, 0.5) is 0 Å². The SMILES string of the molecule is CCOc1cc(C(=O)Oc2c(Sc3ccc(C)cc3)c(C)nn2C(C)(C)C)cc(OCC)c1OCC. The quantitative estimate of drug-likeness (QED) is 0.276. The summed E-state index contributed by atoms with van der Waals surface area (Å²) in [6.45, 7) is 16.9. The average molecular weight is 513 g/mol. The van der Waals surface area contributed by atoms with E-state index in [2.05, 4.69) is 24.3 Å². The van der Waals surface area contributed by atoms with Gasteiger partial charge in [0.25, 0.3) is 0 Å². The summed E-state index contributed by atoms with van der Waals surface area (Å²) in [5.74, 6) is 1.22. The number of benzene rings is 2. The predicted octanol–water partition coefficient (Wildman–Crippen LogP) is 6.82. The van der Waals surface area contributed by atoms with E-state index in [9.17, 15) is 4.79 Å². The summed E-state index contributed by atoms with van der Waals surface area (Å²) in [7, 11) is 0. The van der Waals surface area contributed by atoms with E-state index in [4.69, 9.17) is 24.0 Å². The minimum atomic E-state index is -0.531. The van der Waals surface area contributed by atoms with Gasteiger partial charge in [-0.3, -0.25) is 0 Å². The van der Waals surface area contributed by atoms with Crippen molar-refractivity contribution in [3.8, 4) is 23.1 Å². The molecule has 1 heterocycles. The van der Waals surface area contributed by atoms with Crippen molar-refractivity contribution < 1.29 is 23.7 Å². The summed E-state index contributed by atoms with van der Waals surface area (Å²) < 4.78 is 25.1. The second-order valence-corrected chi connectivity index (χ2v) is 10.3. The molecule has 0 unspecified atom stereocenters. The molecule has 3 rings (SSSR count). The van der Waals surface area contributed by atoms with E-state index >= 15 is 0 Å². The lowest BCUT2D eigenvalue weighted by Gasteiger charge is -2.22. The van der Waals surface area contributed by atoms with Gasteiger partial charge in [0, 0.05) is 4.90 Å². The lowest BCUT2D eigenvalue weighted by atomic mass is 10.1. The lowest BCUT2D eigenvalue weighted by Crippen LogP contribution is -2.25. The Morgan fingerprint density at radius 2 is 1.47 bits per heavy atom. The molecule has 36 heavy (non-hydrogen) atoms. The molecule has 0 aliphatic carbocycles. The third-order valence-electron chi connectivity index (χ3n) is 5.18. The standard InChI is InChI=1S/C28H36N2O5S/c1-9-32-22-16-20(17-23(33-10-2)24(22)34-11-3)27(31)35-26-25(19(5)29-30(26)28(6,7)8)36-21-14-12-18(4)13-15-21/h12-17H,9-11H2,1-8H3. The van der Waals surface area contributed by atoms with Gasteiger partial charge in [-0.25, -0.2) is 9.48 Å². The van der Waals surface area contributed by atoms with E-state index in [0.29, 0.717) is 48.5 Å². The monoisotopic (exact) mass is 512 g/mol. The molecule has 3 aromatic rings. The molecule has 0 bridgehead atoms. The zero-order valence-corrected chi connectivity index (χ0v) is 23.2. The van der Waals surface area contributed by atoms with Crippen LogP contribution in [0.25, 0.3) is 0 Å². The van der Waals surface area contributed by atoms with Crippen molar-refractivity contribution in [3.63, 3.8) is 0 Å². The number of aromatic nitrogens is 2. The fourth-order valence-corrected chi connectivity index (χ4v) is 4.44. The smallest absolute Gasteiger partial charge is 0.345 e. The number of aryl methyl sites for hydroxylation is 2. The maximum Gasteiger partial charge on any atom is 0.345 e. The van der Waals surface area contributed by atoms with Crippen LogP contribution in [-0.4, -0.2) is 35.6 Å². The molecule has 0 saturated heterocycles. The van der Waals surface area contributed by atoms with Crippen LogP contribution in [0.15, 0.2) is 46.2 Å². The maximum atomic E-state index is 13.5. The Balaban J connectivity index is 2.05. The van der Waals surface area contributed by atoms with Crippen molar-refractivity contribution in [1.29, 1.82) is 0 Å². The summed E-state index contributed by atoms with van der Waals surface area (Å²) in [4.78, 5) is 15.3. The zero-order valence-electron chi connectivity index (χ0n) is 22.4. The highest BCUT2D eigenvalue weighted by Crippen LogP contribution is 2.42. The number of rotatable bonds is 10. The van der Waals surface area contributed by atoms with E-state index < -0.39 is 11.5 Å². The van der Waals surface area contributed by atoms with Crippen LogP contribution in [0.3, 0.4) is 0 Å². The molecule has 2 aromatic carbocycles. The van der Waals surface area contributed by atoms with Crippen LogP contribution in [0.2, 0.25) is 0 Å². The highest BCUT2D eigenvalue weighted by Gasteiger charge is 2.28. The van der Waals surface area contributed by atoms with Gasteiger partial charge in [-0.2, -0.15) is 5.10 Å². The van der Waals surface area contributed by atoms with Gasteiger partial charge in [-0.15, -0.1) is 0 Å². The molecule has 0 atom stereocenters. The first-order valence-corrected chi connectivity index (χ1v) is 13.0. The third kappa shape index (κ3) is 6.35. The highest BCUT2D eigenvalue weighted by molar-refractivity contribution is 7.99. The van der Waals surface area contributed by atoms with E-state index in [1.165, 1.54) is 17.3 Å². The van der Waals surface area contributed by atoms with Gasteiger partial charge >= 0.3 is 5.97 Å². The van der Waals surface area contributed by atoms with Crippen molar-refractivity contribution in [2.24, 2.45) is 0 Å². The zero-order chi connectivity index (χ0) is 26.5. The Bertz CT molecular complexity index is 1170. The van der Waals surface area contributed by atoms with Gasteiger partial charge < -0.3 is 18.9 Å². The molecule has 0 fully saturated rings. The van der Waals surface area contributed by atoms with E-state index in [1.54, 1.807) is 16.8 Å². The normalized spacial score (nSPS) is 11.3. The molecule has 0 spiro atoms. The van der Waals surface area contributed by atoms with Gasteiger partial charge in [0.05, 0.1) is 41.5 Å². The number of ether oxygens (including phenoxy) is 4. The van der Waals surface area contributed by atoms with Crippen LogP contribution in [0, 0.1) is 13.8 Å². The Labute approximate surface area is 218 Å². The maximum absolute atomic E-state index is 13.5. The number of carbonyl (C=O) groups excluding carboxylic acids is 1. The first kappa shape index (κ1) is 27.5. The molecule has 0 N–H and O–H groups in total. The summed E-state index contributed by atoms with van der Waals surface area (Å²) in [5, 5.41) is 4.72. The number of hydrogen-bond acceptors (Lipinski definition) is 7. The molecule has 0 aliphatic heterocycles. The van der Waals surface area contributed by atoms with Gasteiger partial charge in [0.1, 0.15) is 0 Å². The molecule has 0 saturated carbocycles. The van der Waals surface area contributed by atoms with Crippen LogP contribution in [0.1, 0.15) is 63.2 Å². The van der Waals surface area contributed by atoms with E-state index in [-0.39, 0.29) is 0 Å². The summed E-state index contributed by atoms with van der Waals surface area (Å²) in [6, 6.07) is 11.5. The second-order valence-electron chi connectivity index (χ2n) is 9.21. The summed E-state index contributed by atoms with van der Waals surface area (Å²) in [5.41, 5.74) is 1.86. The van der Waals surface area contributed by atoms with Crippen LogP contribution in [-0.2, 0) is 5.54 Å². The molecule has 0 aliphatic rings. The fraction of sp³-hybridized carbons (Fsp3) is 0.429. The average Bonchev–Trinajstić information content (AvgIpc) is 3.13. The Hall–Kier alpha value is -3.13. The lowest BCUT2D eigenvalue weighted by molar-refractivity contribution is 0.0702. The fourth-order valence-electron chi connectivity index (χ4n) is 3.53. The number of esters is 1. The van der Waals surface area contributed by atoms with Gasteiger partial charge in [0.15, 0.2) is 11.5 Å². The highest BCUT2D eigenvalue weighted by atomic mass is 32.2. The molecular weight excluding hydrogens is 476 g/mol. The number of nitrogens with zero attached hydrogens (tertiary/aromatic N) is 2. The molecule has 0 radical (unpaired) electrons. The van der Waals surface area contributed by atoms with E-state index in [0.717, 1.165) is 15.5 Å². The van der Waals surface area contributed by atoms with Crippen LogP contribution >= 0.6 is 11.8 Å². The van der Waals surface area contributed by atoms with Crippen LogP contribution in [0.5, 0.6) is 23.1 Å². The molecule has 7 nitrogen and oxygen atoms in total. The van der Waals surface area contributed by atoms with Crippen molar-refractivity contribution in [2.75, 3.05) is 19.8 Å². The number of hydrogen-bond donors (Lipinski definition) is 0. The first-order valence-electron chi connectivity index (χ1n) is 12.2. The van der Waals surface area contributed by atoms with Crippen LogP contribution < -0.4 is 18.9 Å². The van der Waals surface area contributed by atoms with Crippen molar-refractivity contribution in [2.45, 2.75) is 70.7 Å². The van der Waals surface area contributed by atoms with Gasteiger partial charge in [-0.1, -0.05) is 29.5 Å². The Morgan fingerprint density at radius 3 is 1.97 bits per heavy atom.